The van der Waals surface area contributed by atoms with Gasteiger partial charge in [0.05, 0.1) is 11.6 Å². The lowest BCUT2D eigenvalue weighted by Gasteiger charge is -2.08. The van der Waals surface area contributed by atoms with Crippen molar-refractivity contribution in [3.8, 4) is 11.8 Å². The Bertz CT molecular complexity index is 607. The number of anilines is 1. The zero-order valence-corrected chi connectivity index (χ0v) is 9.43. The summed E-state index contributed by atoms with van der Waals surface area (Å²) < 4.78 is 18.5. The topological polar surface area (TPSA) is 71.9 Å². The molecular formula is C13H10FN3O. The summed E-state index contributed by atoms with van der Waals surface area (Å²) >= 11 is 0. The Morgan fingerprint density at radius 1 is 1.39 bits per heavy atom. The molecule has 2 aromatic rings. The van der Waals surface area contributed by atoms with E-state index in [1.807, 2.05) is 6.07 Å². The van der Waals surface area contributed by atoms with E-state index in [0.717, 1.165) is 0 Å². The highest BCUT2D eigenvalue weighted by Crippen LogP contribution is 2.20. The number of nitrogen functional groups attached to an aromatic ring is 1. The predicted octanol–water partition coefficient (Wildman–Crippen LogP) is 2.25. The lowest BCUT2D eigenvalue weighted by atomic mass is 10.1. The average molecular weight is 243 g/mol. The Kier molecular flexibility index (Phi) is 3.39. The smallest absolute Gasteiger partial charge is 0.166 e. The Labute approximate surface area is 103 Å². The van der Waals surface area contributed by atoms with Crippen LogP contribution in [-0.2, 0) is 6.61 Å². The SMILES string of the molecule is N#Cc1ccc(F)cc1COc1cccnc1N. The Morgan fingerprint density at radius 3 is 2.94 bits per heavy atom. The standard InChI is InChI=1S/C13H10FN3O/c14-11-4-3-9(7-15)10(6-11)8-18-12-2-1-5-17-13(12)16/h1-6H,8H2,(H2,16,17). The molecule has 0 spiro atoms. The van der Waals surface area contributed by atoms with Gasteiger partial charge in [-0.15, -0.1) is 0 Å². The summed E-state index contributed by atoms with van der Waals surface area (Å²) in [6, 6.07) is 9.25. The highest BCUT2D eigenvalue weighted by Gasteiger charge is 2.06. The van der Waals surface area contributed by atoms with E-state index in [-0.39, 0.29) is 12.4 Å². The van der Waals surface area contributed by atoms with E-state index >= 15 is 0 Å². The molecule has 0 aliphatic rings. The van der Waals surface area contributed by atoms with E-state index in [9.17, 15) is 4.39 Å². The zero-order chi connectivity index (χ0) is 13.0. The van der Waals surface area contributed by atoms with E-state index in [0.29, 0.717) is 16.9 Å². The van der Waals surface area contributed by atoms with Gasteiger partial charge < -0.3 is 10.5 Å². The molecule has 4 nitrogen and oxygen atoms in total. The van der Waals surface area contributed by atoms with Crippen LogP contribution in [0.3, 0.4) is 0 Å². The Hall–Kier alpha value is -2.61. The van der Waals surface area contributed by atoms with Gasteiger partial charge in [-0.3, -0.25) is 0 Å². The minimum Gasteiger partial charge on any atom is -0.485 e. The highest BCUT2D eigenvalue weighted by molar-refractivity contribution is 5.45. The number of pyridine rings is 1. The van der Waals surface area contributed by atoms with Crippen molar-refractivity contribution in [1.82, 2.24) is 4.98 Å². The van der Waals surface area contributed by atoms with Crippen molar-refractivity contribution in [1.29, 1.82) is 5.26 Å². The summed E-state index contributed by atoms with van der Waals surface area (Å²) in [6.07, 6.45) is 1.55. The second-order valence-corrected chi connectivity index (χ2v) is 3.59. The van der Waals surface area contributed by atoms with Gasteiger partial charge in [0.25, 0.3) is 0 Å². The molecule has 1 heterocycles. The van der Waals surface area contributed by atoms with Crippen LogP contribution in [0.1, 0.15) is 11.1 Å². The van der Waals surface area contributed by atoms with Crippen molar-refractivity contribution < 1.29 is 9.13 Å². The second-order valence-electron chi connectivity index (χ2n) is 3.59. The molecule has 0 atom stereocenters. The van der Waals surface area contributed by atoms with Crippen LogP contribution in [0.15, 0.2) is 36.5 Å². The molecule has 0 bridgehead atoms. The fraction of sp³-hybridized carbons (Fsp3) is 0.0769. The molecule has 0 saturated heterocycles. The molecule has 0 aliphatic heterocycles. The fourth-order valence-electron chi connectivity index (χ4n) is 1.47. The van der Waals surface area contributed by atoms with Gasteiger partial charge in [0, 0.05) is 11.8 Å². The molecule has 0 amide bonds. The van der Waals surface area contributed by atoms with E-state index in [4.69, 9.17) is 15.7 Å². The molecule has 0 saturated carbocycles. The number of halogens is 1. The summed E-state index contributed by atoms with van der Waals surface area (Å²) in [6.45, 7) is 0.0660. The van der Waals surface area contributed by atoms with Crippen molar-refractivity contribution in [2.24, 2.45) is 0 Å². The van der Waals surface area contributed by atoms with Crippen LogP contribution in [0.25, 0.3) is 0 Å². The minimum atomic E-state index is -0.410. The van der Waals surface area contributed by atoms with Gasteiger partial charge in [0.15, 0.2) is 11.6 Å². The van der Waals surface area contributed by atoms with Crippen molar-refractivity contribution in [2.75, 3.05) is 5.73 Å². The maximum absolute atomic E-state index is 13.1. The van der Waals surface area contributed by atoms with Gasteiger partial charge >= 0.3 is 0 Å². The van der Waals surface area contributed by atoms with Crippen LogP contribution in [0.5, 0.6) is 5.75 Å². The summed E-state index contributed by atoms with van der Waals surface area (Å²) in [5.74, 6) is 0.254. The molecule has 0 fully saturated rings. The Balaban J connectivity index is 2.18. The van der Waals surface area contributed by atoms with Crippen LogP contribution < -0.4 is 10.5 Å². The monoisotopic (exact) mass is 243 g/mol. The van der Waals surface area contributed by atoms with Gasteiger partial charge in [-0.05, 0) is 30.3 Å². The van der Waals surface area contributed by atoms with Gasteiger partial charge in [0.2, 0.25) is 0 Å². The van der Waals surface area contributed by atoms with Crippen molar-refractivity contribution >= 4 is 5.82 Å². The highest BCUT2D eigenvalue weighted by atomic mass is 19.1. The molecular weight excluding hydrogens is 233 g/mol. The molecule has 1 aromatic heterocycles. The molecule has 2 rings (SSSR count). The van der Waals surface area contributed by atoms with Crippen molar-refractivity contribution in [3.63, 3.8) is 0 Å². The summed E-state index contributed by atoms with van der Waals surface area (Å²) in [4.78, 5) is 3.87. The summed E-state index contributed by atoms with van der Waals surface area (Å²) in [5.41, 5.74) is 6.46. The maximum atomic E-state index is 13.1. The number of aromatic nitrogens is 1. The number of hydrogen-bond acceptors (Lipinski definition) is 4. The first-order valence-corrected chi connectivity index (χ1v) is 5.22. The lowest BCUT2D eigenvalue weighted by molar-refractivity contribution is 0.306. The largest absolute Gasteiger partial charge is 0.485 e. The lowest BCUT2D eigenvalue weighted by Crippen LogP contribution is -2.02. The van der Waals surface area contributed by atoms with E-state index in [2.05, 4.69) is 4.98 Å². The van der Waals surface area contributed by atoms with Crippen LogP contribution in [0, 0.1) is 17.1 Å². The number of rotatable bonds is 3. The quantitative estimate of drug-likeness (QED) is 0.897. The van der Waals surface area contributed by atoms with E-state index in [1.54, 1.807) is 18.3 Å². The molecule has 0 radical (unpaired) electrons. The molecule has 0 unspecified atom stereocenters. The first kappa shape index (κ1) is 11.9. The Morgan fingerprint density at radius 2 is 2.22 bits per heavy atom. The second kappa shape index (κ2) is 5.15. The van der Waals surface area contributed by atoms with Crippen LogP contribution in [0.2, 0.25) is 0 Å². The number of nitrogens with two attached hydrogens (primary N) is 1. The van der Waals surface area contributed by atoms with E-state index in [1.165, 1.54) is 18.2 Å². The third kappa shape index (κ3) is 2.55. The van der Waals surface area contributed by atoms with E-state index < -0.39 is 5.82 Å². The number of nitriles is 1. The number of nitrogens with zero attached hydrogens (tertiary/aromatic N) is 2. The molecule has 18 heavy (non-hydrogen) atoms. The number of hydrogen-bond donors (Lipinski definition) is 1. The first-order valence-electron chi connectivity index (χ1n) is 5.22. The minimum absolute atomic E-state index is 0.0660. The number of ether oxygens (including phenoxy) is 1. The molecule has 90 valence electrons. The summed E-state index contributed by atoms with van der Waals surface area (Å²) in [7, 11) is 0. The number of benzene rings is 1. The van der Waals surface area contributed by atoms with Crippen LogP contribution in [-0.4, -0.2) is 4.98 Å². The van der Waals surface area contributed by atoms with Gasteiger partial charge in [-0.25, -0.2) is 9.37 Å². The van der Waals surface area contributed by atoms with Gasteiger partial charge in [0.1, 0.15) is 12.4 Å². The van der Waals surface area contributed by atoms with Gasteiger partial charge in [-0.1, -0.05) is 0 Å². The third-order valence-electron chi connectivity index (χ3n) is 2.37. The van der Waals surface area contributed by atoms with Crippen LogP contribution >= 0.6 is 0 Å². The zero-order valence-electron chi connectivity index (χ0n) is 9.43. The van der Waals surface area contributed by atoms with Crippen LogP contribution in [0.4, 0.5) is 10.2 Å². The fourth-order valence-corrected chi connectivity index (χ4v) is 1.47. The molecule has 1 aromatic carbocycles. The molecule has 2 N–H and O–H groups in total. The third-order valence-corrected chi connectivity index (χ3v) is 2.37. The molecule has 0 aliphatic carbocycles. The predicted molar refractivity (Wildman–Crippen MR) is 64.1 cm³/mol. The van der Waals surface area contributed by atoms with Crippen molar-refractivity contribution in [2.45, 2.75) is 6.61 Å². The average Bonchev–Trinajstić information content (AvgIpc) is 2.38. The summed E-state index contributed by atoms with van der Waals surface area (Å²) in [5, 5.41) is 8.90. The first-order chi connectivity index (χ1) is 8.70. The maximum Gasteiger partial charge on any atom is 0.166 e. The molecule has 5 heteroatoms. The normalized spacial score (nSPS) is 9.78. The van der Waals surface area contributed by atoms with Gasteiger partial charge in [-0.2, -0.15) is 5.26 Å². The van der Waals surface area contributed by atoms with Crippen molar-refractivity contribution in [3.05, 3.63) is 53.5 Å².